The third-order valence-electron chi connectivity index (χ3n) is 4.69. The van der Waals surface area contributed by atoms with Gasteiger partial charge in [0.05, 0.1) is 0 Å². The summed E-state index contributed by atoms with van der Waals surface area (Å²) in [6.45, 7) is 10.2. The van der Waals surface area contributed by atoms with E-state index < -0.39 is 0 Å². The maximum Gasteiger partial charge on any atom is 0.0254 e. The van der Waals surface area contributed by atoms with Crippen molar-refractivity contribution in [2.45, 2.75) is 46.2 Å². The molecule has 2 atom stereocenters. The molecule has 0 spiro atoms. The summed E-state index contributed by atoms with van der Waals surface area (Å²) in [5.74, 6) is 0.427. The van der Waals surface area contributed by atoms with E-state index in [1.54, 1.807) is 0 Å². The zero-order chi connectivity index (χ0) is 15.0. The quantitative estimate of drug-likeness (QED) is 0.801. The second kappa shape index (κ2) is 5.31. The van der Waals surface area contributed by atoms with Crippen LogP contribution in [0.5, 0.6) is 0 Å². The van der Waals surface area contributed by atoms with Crippen molar-refractivity contribution >= 4 is 0 Å². The van der Waals surface area contributed by atoms with Crippen molar-refractivity contribution in [2.24, 2.45) is 5.41 Å². The van der Waals surface area contributed by atoms with E-state index in [4.69, 9.17) is 0 Å². The van der Waals surface area contributed by atoms with E-state index in [2.05, 4.69) is 81.5 Å². The van der Waals surface area contributed by atoms with Crippen molar-refractivity contribution in [3.8, 4) is 0 Å². The van der Waals surface area contributed by atoms with Gasteiger partial charge in [-0.05, 0) is 34.6 Å². The normalized spacial score (nSPS) is 21.9. The Hall–Kier alpha value is -1.60. The lowest BCUT2D eigenvalue weighted by atomic mass is 9.69. The van der Waals surface area contributed by atoms with Gasteiger partial charge in [-0.1, -0.05) is 69.3 Å². The van der Waals surface area contributed by atoms with Crippen LogP contribution in [0.1, 0.15) is 48.9 Å². The molecule has 2 aromatic carbocycles. The van der Waals surface area contributed by atoms with E-state index in [1.165, 1.54) is 22.3 Å². The van der Waals surface area contributed by atoms with Crippen molar-refractivity contribution in [3.05, 3.63) is 70.8 Å². The largest absolute Gasteiger partial charge is 0.308 e. The average Bonchev–Trinajstić information content (AvgIpc) is 2.46. The van der Waals surface area contributed by atoms with E-state index in [0.717, 1.165) is 6.54 Å². The van der Waals surface area contributed by atoms with Crippen molar-refractivity contribution in [3.63, 3.8) is 0 Å². The molecule has 0 amide bonds. The summed E-state index contributed by atoms with van der Waals surface area (Å²) in [5.41, 5.74) is 5.99. The van der Waals surface area contributed by atoms with Crippen molar-refractivity contribution in [2.75, 3.05) is 0 Å². The molecule has 0 bridgehead atoms. The standard InChI is InChI=1S/C20H25N/c1-14-9-5-7-11-16(14)18-17-12-8-6-10-15(17)13-21-19(18)20(2,3)4/h5-12,18-19,21H,13H2,1-4H3. The van der Waals surface area contributed by atoms with Gasteiger partial charge in [0.1, 0.15) is 0 Å². The number of benzene rings is 2. The molecule has 1 heterocycles. The zero-order valence-corrected chi connectivity index (χ0v) is 13.5. The molecule has 1 nitrogen and oxygen atoms in total. The number of rotatable bonds is 1. The lowest BCUT2D eigenvalue weighted by Crippen LogP contribution is -2.48. The second-order valence-corrected chi connectivity index (χ2v) is 7.26. The molecule has 110 valence electrons. The molecular formula is C20H25N. The third-order valence-corrected chi connectivity index (χ3v) is 4.69. The minimum absolute atomic E-state index is 0.223. The Balaban J connectivity index is 2.17. The first-order valence-electron chi connectivity index (χ1n) is 7.85. The maximum atomic E-state index is 3.79. The minimum Gasteiger partial charge on any atom is -0.308 e. The van der Waals surface area contributed by atoms with Crippen LogP contribution >= 0.6 is 0 Å². The summed E-state index contributed by atoms with van der Waals surface area (Å²) in [6, 6.07) is 18.2. The number of aryl methyl sites for hydroxylation is 1. The van der Waals surface area contributed by atoms with Gasteiger partial charge in [-0.2, -0.15) is 0 Å². The van der Waals surface area contributed by atoms with Crippen LogP contribution in [-0.2, 0) is 6.54 Å². The van der Waals surface area contributed by atoms with Crippen LogP contribution in [0.15, 0.2) is 48.5 Å². The predicted molar refractivity (Wildman–Crippen MR) is 89.5 cm³/mol. The lowest BCUT2D eigenvalue weighted by molar-refractivity contribution is 0.233. The molecular weight excluding hydrogens is 254 g/mol. The van der Waals surface area contributed by atoms with Gasteiger partial charge < -0.3 is 5.32 Å². The molecule has 0 fully saturated rings. The maximum absolute atomic E-state index is 3.79. The van der Waals surface area contributed by atoms with Gasteiger partial charge >= 0.3 is 0 Å². The van der Waals surface area contributed by atoms with Crippen molar-refractivity contribution in [1.29, 1.82) is 0 Å². The van der Waals surface area contributed by atoms with Crippen molar-refractivity contribution < 1.29 is 0 Å². The fraction of sp³-hybridized carbons (Fsp3) is 0.400. The average molecular weight is 279 g/mol. The fourth-order valence-corrected chi connectivity index (χ4v) is 3.60. The van der Waals surface area contributed by atoms with E-state index in [9.17, 15) is 0 Å². The van der Waals surface area contributed by atoms with Gasteiger partial charge in [-0.25, -0.2) is 0 Å². The van der Waals surface area contributed by atoms with Crippen LogP contribution in [0.25, 0.3) is 0 Å². The Labute approximate surface area is 128 Å². The molecule has 2 aromatic rings. The van der Waals surface area contributed by atoms with Crippen LogP contribution in [0.2, 0.25) is 0 Å². The summed E-state index contributed by atoms with van der Waals surface area (Å²) >= 11 is 0. The molecule has 0 saturated heterocycles. The molecule has 0 radical (unpaired) electrons. The first-order chi connectivity index (χ1) is 9.98. The first kappa shape index (κ1) is 14.3. The Morgan fingerprint density at radius 3 is 2.19 bits per heavy atom. The Morgan fingerprint density at radius 2 is 1.52 bits per heavy atom. The van der Waals surface area contributed by atoms with Gasteiger partial charge in [-0.3, -0.25) is 0 Å². The van der Waals surface area contributed by atoms with Crippen LogP contribution in [0.4, 0.5) is 0 Å². The van der Waals surface area contributed by atoms with Crippen LogP contribution in [0, 0.1) is 12.3 Å². The molecule has 0 saturated carbocycles. The SMILES string of the molecule is Cc1ccccc1C1c2ccccc2CNC1C(C)(C)C. The highest BCUT2D eigenvalue weighted by Crippen LogP contribution is 2.41. The first-order valence-corrected chi connectivity index (χ1v) is 7.85. The predicted octanol–water partition coefficient (Wildman–Crippen LogP) is 4.64. The van der Waals surface area contributed by atoms with E-state index in [1.807, 2.05) is 0 Å². The number of hydrogen-bond donors (Lipinski definition) is 1. The van der Waals surface area contributed by atoms with E-state index in [-0.39, 0.29) is 5.41 Å². The molecule has 0 aliphatic carbocycles. The molecule has 21 heavy (non-hydrogen) atoms. The summed E-state index contributed by atoms with van der Waals surface area (Å²) in [6.07, 6.45) is 0. The minimum atomic E-state index is 0.223. The van der Waals surface area contributed by atoms with Crippen LogP contribution in [-0.4, -0.2) is 6.04 Å². The summed E-state index contributed by atoms with van der Waals surface area (Å²) in [5, 5.41) is 3.79. The van der Waals surface area contributed by atoms with E-state index in [0.29, 0.717) is 12.0 Å². The summed E-state index contributed by atoms with van der Waals surface area (Å²) in [4.78, 5) is 0. The highest BCUT2D eigenvalue weighted by molar-refractivity contribution is 5.44. The molecule has 1 heteroatoms. The Morgan fingerprint density at radius 1 is 0.905 bits per heavy atom. The summed E-state index contributed by atoms with van der Waals surface area (Å²) in [7, 11) is 0. The van der Waals surface area contributed by atoms with Crippen LogP contribution in [0.3, 0.4) is 0 Å². The van der Waals surface area contributed by atoms with Crippen molar-refractivity contribution in [1.82, 2.24) is 5.32 Å². The number of nitrogens with one attached hydrogen (secondary N) is 1. The molecule has 3 rings (SSSR count). The number of hydrogen-bond acceptors (Lipinski definition) is 1. The van der Waals surface area contributed by atoms with Crippen LogP contribution < -0.4 is 5.32 Å². The molecule has 0 aromatic heterocycles. The highest BCUT2D eigenvalue weighted by Gasteiger charge is 2.37. The fourth-order valence-electron chi connectivity index (χ4n) is 3.60. The Kier molecular flexibility index (Phi) is 3.62. The monoisotopic (exact) mass is 279 g/mol. The van der Waals surface area contributed by atoms with Gasteiger partial charge in [0.25, 0.3) is 0 Å². The number of fused-ring (bicyclic) bond motifs is 1. The Bertz CT molecular complexity index is 636. The molecule has 1 N–H and O–H groups in total. The third kappa shape index (κ3) is 2.63. The molecule has 1 aliphatic rings. The molecule has 2 unspecified atom stereocenters. The van der Waals surface area contributed by atoms with Gasteiger partial charge in [0, 0.05) is 18.5 Å². The zero-order valence-electron chi connectivity index (χ0n) is 13.5. The highest BCUT2D eigenvalue weighted by atomic mass is 15.0. The van der Waals surface area contributed by atoms with Gasteiger partial charge in [0.2, 0.25) is 0 Å². The topological polar surface area (TPSA) is 12.0 Å². The smallest absolute Gasteiger partial charge is 0.0254 e. The van der Waals surface area contributed by atoms with Gasteiger partial charge in [0.15, 0.2) is 0 Å². The van der Waals surface area contributed by atoms with Gasteiger partial charge in [-0.15, -0.1) is 0 Å². The lowest BCUT2D eigenvalue weighted by Gasteiger charge is -2.43. The summed E-state index contributed by atoms with van der Waals surface area (Å²) < 4.78 is 0. The second-order valence-electron chi connectivity index (χ2n) is 7.26. The van der Waals surface area contributed by atoms with E-state index >= 15 is 0 Å². The molecule has 1 aliphatic heterocycles.